The maximum atomic E-state index is 3.98. The van der Waals surface area contributed by atoms with Crippen molar-refractivity contribution in [3.8, 4) is 0 Å². The Morgan fingerprint density at radius 3 is 2.70 bits per heavy atom. The van der Waals surface area contributed by atoms with Crippen LogP contribution in [0.5, 0.6) is 0 Å². The molecule has 1 aliphatic carbocycles. The fraction of sp³-hybridized carbons (Fsp3) is 0.400. The summed E-state index contributed by atoms with van der Waals surface area (Å²) in [7, 11) is 0. The van der Waals surface area contributed by atoms with Crippen LogP contribution in [0.1, 0.15) is 26.2 Å². The standard InChI is InChI=1S/C10H14/c1-4-9(3)10-6-5-8(2)7-10/h7H,2-6H2,1H3. The summed E-state index contributed by atoms with van der Waals surface area (Å²) in [6, 6.07) is 0. The molecular weight excluding hydrogens is 120 g/mol. The molecule has 0 atom stereocenters. The van der Waals surface area contributed by atoms with Crippen molar-refractivity contribution in [3.63, 3.8) is 0 Å². The maximum Gasteiger partial charge on any atom is -0.0236 e. The lowest BCUT2D eigenvalue weighted by Gasteiger charge is -1.99. The first kappa shape index (κ1) is 7.33. The fourth-order valence-electron chi connectivity index (χ4n) is 1.19. The van der Waals surface area contributed by atoms with Gasteiger partial charge in [0.1, 0.15) is 0 Å². The lowest BCUT2D eigenvalue weighted by atomic mass is 10.1. The van der Waals surface area contributed by atoms with Gasteiger partial charge in [-0.15, -0.1) is 0 Å². The number of hydrogen-bond donors (Lipinski definition) is 0. The maximum absolute atomic E-state index is 3.98. The van der Waals surface area contributed by atoms with Crippen LogP contribution in [-0.2, 0) is 0 Å². The zero-order chi connectivity index (χ0) is 7.56. The largest absolute Gasteiger partial charge is 0.0958 e. The van der Waals surface area contributed by atoms with Gasteiger partial charge >= 0.3 is 0 Å². The third-order valence-corrected chi connectivity index (χ3v) is 1.97. The SMILES string of the molecule is C=C1C=C(C(=C)CC)CC1. The minimum Gasteiger partial charge on any atom is -0.0958 e. The van der Waals surface area contributed by atoms with Crippen molar-refractivity contribution in [1.29, 1.82) is 0 Å². The first-order chi connectivity index (χ1) is 4.74. The number of hydrogen-bond acceptors (Lipinski definition) is 0. The van der Waals surface area contributed by atoms with E-state index in [1.807, 2.05) is 0 Å². The second kappa shape index (κ2) is 2.87. The smallest absolute Gasteiger partial charge is 0.0236 e. The lowest BCUT2D eigenvalue weighted by molar-refractivity contribution is 0.986. The van der Waals surface area contributed by atoms with Crippen LogP contribution in [0.2, 0.25) is 0 Å². The normalized spacial score (nSPS) is 17.3. The Hall–Kier alpha value is -0.780. The van der Waals surface area contributed by atoms with Crippen LogP contribution in [-0.4, -0.2) is 0 Å². The average Bonchev–Trinajstić information content (AvgIpc) is 2.34. The quantitative estimate of drug-likeness (QED) is 0.544. The Labute approximate surface area is 62.9 Å². The second-order valence-corrected chi connectivity index (χ2v) is 2.78. The highest BCUT2D eigenvalue weighted by Crippen LogP contribution is 2.27. The average molecular weight is 134 g/mol. The van der Waals surface area contributed by atoms with Gasteiger partial charge in [-0.1, -0.05) is 37.3 Å². The van der Waals surface area contributed by atoms with E-state index < -0.39 is 0 Å². The number of rotatable bonds is 2. The minimum absolute atomic E-state index is 1.07. The summed E-state index contributed by atoms with van der Waals surface area (Å²) in [6.07, 6.45) is 5.53. The van der Waals surface area contributed by atoms with E-state index in [2.05, 4.69) is 26.2 Å². The molecule has 0 nitrogen and oxygen atoms in total. The fourth-order valence-corrected chi connectivity index (χ4v) is 1.19. The molecular formula is C10H14. The molecule has 0 aliphatic heterocycles. The van der Waals surface area contributed by atoms with Crippen molar-refractivity contribution in [2.45, 2.75) is 26.2 Å². The van der Waals surface area contributed by atoms with Crippen LogP contribution < -0.4 is 0 Å². The monoisotopic (exact) mass is 134 g/mol. The van der Waals surface area contributed by atoms with Crippen LogP contribution in [0, 0.1) is 0 Å². The van der Waals surface area contributed by atoms with Crippen LogP contribution in [0.3, 0.4) is 0 Å². The molecule has 0 aromatic rings. The van der Waals surface area contributed by atoms with Crippen LogP contribution in [0.15, 0.2) is 36.0 Å². The Balaban J connectivity index is 2.66. The summed E-state index contributed by atoms with van der Waals surface area (Å²) < 4.78 is 0. The molecule has 0 heterocycles. The molecule has 0 saturated carbocycles. The molecule has 54 valence electrons. The van der Waals surface area contributed by atoms with Gasteiger partial charge in [0.25, 0.3) is 0 Å². The van der Waals surface area contributed by atoms with Gasteiger partial charge in [-0.05, 0) is 24.8 Å². The Kier molecular flexibility index (Phi) is 2.10. The van der Waals surface area contributed by atoms with Crippen molar-refractivity contribution < 1.29 is 0 Å². The van der Waals surface area contributed by atoms with Gasteiger partial charge in [-0.3, -0.25) is 0 Å². The van der Waals surface area contributed by atoms with Crippen LogP contribution >= 0.6 is 0 Å². The van der Waals surface area contributed by atoms with E-state index in [9.17, 15) is 0 Å². The van der Waals surface area contributed by atoms with Crippen LogP contribution in [0.4, 0.5) is 0 Å². The summed E-state index contributed by atoms with van der Waals surface area (Å²) in [5.74, 6) is 0. The molecule has 0 unspecified atom stereocenters. The molecule has 0 N–H and O–H groups in total. The van der Waals surface area contributed by atoms with E-state index >= 15 is 0 Å². The van der Waals surface area contributed by atoms with Gasteiger partial charge in [0.2, 0.25) is 0 Å². The summed E-state index contributed by atoms with van der Waals surface area (Å²) >= 11 is 0. The molecule has 1 aliphatic rings. The molecule has 0 fully saturated rings. The molecule has 0 saturated heterocycles. The Morgan fingerprint density at radius 2 is 2.30 bits per heavy atom. The van der Waals surface area contributed by atoms with Gasteiger partial charge in [0, 0.05) is 0 Å². The summed E-state index contributed by atoms with van der Waals surface area (Å²) in [5.41, 5.74) is 3.94. The zero-order valence-electron chi connectivity index (χ0n) is 6.61. The molecule has 0 aromatic heterocycles. The van der Waals surface area contributed by atoms with E-state index in [0.717, 1.165) is 19.3 Å². The summed E-state index contributed by atoms with van der Waals surface area (Å²) in [6.45, 7) is 10.0. The molecule has 1 rings (SSSR count). The highest BCUT2D eigenvalue weighted by Gasteiger charge is 2.08. The van der Waals surface area contributed by atoms with Crippen molar-refractivity contribution in [3.05, 3.63) is 36.0 Å². The predicted molar refractivity (Wildman–Crippen MR) is 45.9 cm³/mol. The van der Waals surface area contributed by atoms with Crippen molar-refractivity contribution in [1.82, 2.24) is 0 Å². The molecule has 0 aromatic carbocycles. The van der Waals surface area contributed by atoms with Gasteiger partial charge in [-0.2, -0.15) is 0 Å². The summed E-state index contributed by atoms with van der Waals surface area (Å²) in [5, 5.41) is 0. The highest BCUT2D eigenvalue weighted by atomic mass is 14.1. The van der Waals surface area contributed by atoms with Crippen molar-refractivity contribution in [2.75, 3.05) is 0 Å². The van der Waals surface area contributed by atoms with Gasteiger partial charge in [-0.25, -0.2) is 0 Å². The van der Waals surface area contributed by atoms with Gasteiger partial charge in [0.15, 0.2) is 0 Å². The molecule has 10 heavy (non-hydrogen) atoms. The Bertz CT molecular complexity index is 194. The lowest BCUT2D eigenvalue weighted by Crippen LogP contribution is -1.80. The van der Waals surface area contributed by atoms with Crippen molar-refractivity contribution >= 4 is 0 Å². The number of allylic oxidation sites excluding steroid dienone is 4. The van der Waals surface area contributed by atoms with E-state index in [-0.39, 0.29) is 0 Å². The zero-order valence-corrected chi connectivity index (χ0v) is 6.61. The summed E-state index contributed by atoms with van der Waals surface area (Å²) in [4.78, 5) is 0. The molecule has 0 spiro atoms. The third kappa shape index (κ3) is 1.38. The first-order valence-corrected chi connectivity index (χ1v) is 3.80. The topological polar surface area (TPSA) is 0 Å². The van der Waals surface area contributed by atoms with E-state index in [1.54, 1.807) is 0 Å². The van der Waals surface area contributed by atoms with E-state index in [1.165, 1.54) is 16.7 Å². The van der Waals surface area contributed by atoms with Crippen molar-refractivity contribution in [2.24, 2.45) is 0 Å². The molecule has 0 amide bonds. The van der Waals surface area contributed by atoms with Crippen LogP contribution in [0.25, 0.3) is 0 Å². The van der Waals surface area contributed by atoms with E-state index in [0.29, 0.717) is 0 Å². The molecule has 0 bridgehead atoms. The van der Waals surface area contributed by atoms with Gasteiger partial charge < -0.3 is 0 Å². The first-order valence-electron chi connectivity index (χ1n) is 3.80. The van der Waals surface area contributed by atoms with Gasteiger partial charge in [0.05, 0.1) is 0 Å². The third-order valence-electron chi connectivity index (χ3n) is 1.97. The molecule has 0 heteroatoms. The highest BCUT2D eigenvalue weighted by molar-refractivity contribution is 5.39. The predicted octanol–water partition coefficient (Wildman–Crippen LogP) is 3.23. The molecule has 0 radical (unpaired) electrons. The second-order valence-electron chi connectivity index (χ2n) is 2.78. The minimum atomic E-state index is 1.07. The Morgan fingerprint density at radius 1 is 1.60 bits per heavy atom. The van der Waals surface area contributed by atoms with E-state index in [4.69, 9.17) is 0 Å².